The van der Waals surface area contributed by atoms with Gasteiger partial charge < -0.3 is 5.32 Å². The molecule has 0 bridgehead atoms. The summed E-state index contributed by atoms with van der Waals surface area (Å²) in [7, 11) is 0. The molecule has 6 heteroatoms. The number of rotatable bonds is 5. The highest BCUT2D eigenvalue weighted by Gasteiger charge is 2.29. The Kier molecular flexibility index (Phi) is 4.84. The summed E-state index contributed by atoms with van der Waals surface area (Å²) in [5, 5.41) is 4.09. The molecule has 1 aromatic rings. The molecule has 0 fully saturated rings. The van der Waals surface area contributed by atoms with E-state index in [0.717, 1.165) is 42.8 Å². The Bertz CT molecular complexity index is 415. The molecule has 0 spiro atoms. The van der Waals surface area contributed by atoms with Crippen LogP contribution in [0.2, 0.25) is 0 Å². The molecule has 1 N–H and O–H groups in total. The molecule has 0 amide bonds. The third-order valence-corrected chi connectivity index (χ3v) is 4.53. The molecule has 0 aromatic carbocycles. The zero-order chi connectivity index (χ0) is 13.9. The van der Waals surface area contributed by atoms with Gasteiger partial charge in [0.15, 0.2) is 0 Å². The van der Waals surface area contributed by atoms with E-state index in [-0.39, 0.29) is 6.42 Å². The van der Waals surface area contributed by atoms with Crippen molar-refractivity contribution in [3.8, 4) is 0 Å². The minimum absolute atomic E-state index is 0.0155. The summed E-state index contributed by atoms with van der Waals surface area (Å²) in [6.07, 6.45) is -0.751. The average Bonchev–Trinajstić information content (AvgIpc) is 2.76. The van der Waals surface area contributed by atoms with E-state index < -0.39 is 12.6 Å². The van der Waals surface area contributed by atoms with E-state index in [1.165, 1.54) is 11.3 Å². The van der Waals surface area contributed by atoms with Crippen LogP contribution >= 0.6 is 11.3 Å². The number of halogens is 3. The Morgan fingerprint density at radius 2 is 2.21 bits per heavy atom. The number of thiazole rings is 1. The topological polar surface area (TPSA) is 24.9 Å². The number of nitrogens with one attached hydrogen (secondary N) is 1. The number of fused-ring (bicyclic) bond motifs is 1. The second-order valence-corrected chi connectivity index (χ2v) is 6.05. The van der Waals surface area contributed by atoms with Crippen LogP contribution in [0.25, 0.3) is 0 Å². The third-order valence-electron chi connectivity index (χ3n) is 3.26. The van der Waals surface area contributed by atoms with Crippen molar-refractivity contribution in [2.45, 2.75) is 57.7 Å². The molecular formula is C13H19F3N2S. The van der Waals surface area contributed by atoms with Gasteiger partial charge in [0.2, 0.25) is 0 Å². The molecule has 0 saturated carbocycles. The van der Waals surface area contributed by atoms with Gasteiger partial charge in [-0.3, -0.25) is 0 Å². The van der Waals surface area contributed by atoms with Crippen LogP contribution in [0.15, 0.2) is 0 Å². The first kappa shape index (κ1) is 14.8. The van der Waals surface area contributed by atoms with Crippen LogP contribution in [0.1, 0.15) is 54.2 Å². The van der Waals surface area contributed by atoms with E-state index in [2.05, 4.69) is 17.2 Å². The molecular weight excluding hydrogens is 273 g/mol. The average molecular weight is 292 g/mol. The molecule has 1 aliphatic rings. The molecule has 0 aliphatic heterocycles. The van der Waals surface area contributed by atoms with Gasteiger partial charge in [-0.25, -0.2) is 4.98 Å². The Morgan fingerprint density at radius 1 is 1.42 bits per heavy atom. The lowest BCUT2D eigenvalue weighted by Crippen LogP contribution is -2.24. The zero-order valence-corrected chi connectivity index (χ0v) is 11.8. The van der Waals surface area contributed by atoms with Crippen LogP contribution < -0.4 is 5.32 Å². The molecule has 1 aromatic heterocycles. The second kappa shape index (κ2) is 6.22. The van der Waals surface area contributed by atoms with Gasteiger partial charge in [-0.15, -0.1) is 11.3 Å². The van der Waals surface area contributed by atoms with Crippen LogP contribution in [0, 0.1) is 0 Å². The van der Waals surface area contributed by atoms with Gasteiger partial charge in [-0.2, -0.15) is 13.2 Å². The lowest BCUT2D eigenvalue weighted by Gasteiger charge is -2.22. The van der Waals surface area contributed by atoms with Crippen molar-refractivity contribution in [2.24, 2.45) is 0 Å². The largest absolute Gasteiger partial charge is 0.389 e. The summed E-state index contributed by atoms with van der Waals surface area (Å²) in [6.45, 7) is 3.05. The summed E-state index contributed by atoms with van der Waals surface area (Å²) < 4.78 is 36.7. The predicted octanol–water partition coefficient (Wildman–Crippen LogP) is 4.02. The fraction of sp³-hybridized carbons (Fsp3) is 0.769. The number of alkyl halides is 3. The smallest absolute Gasteiger partial charge is 0.309 e. The van der Waals surface area contributed by atoms with E-state index in [1.54, 1.807) is 0 Å². The first-order chi connectivity index (χ1) is 8.99. The number of aryl methyl sites for hydroxylation is 2. The molecule has 2 nitrogen and oxygen atoms in total. The molecule has 1 heterocycles. The van der Waals surface area contributed by atoms with Gasteiger partial charge in [0, 0.05) is 23.8 Å². The normalized spacial score (nSPS) is 19.5. The summed E-state index contributed by atoms with van der Waals surface area (Å²) in [5.41, 5.74) is 1.02. The molecule has 1 unspecified atom stereocenters. The molecule has 0 radical (unpaired) electrons. The van der Waals surface area contributed by atoms with E-state index in [0.29, 0.717) is 11.0 Å². The van der Waals surface area contributed by atoms with Gasteiger partial charge >= 0.3 is 6.18 Å². The van der Waals surface area contributed by atoms with Crippen LogP contribution in [-0.4, -0.2) is 17.7 Å². The number of aromatic nitrogens is 1. The van der Waals surface area contributed by atoms with Crippen molar-refractivity contribution in [2.75, 3.05) is 6.54 Å². The summed E-state index contributed by atoms with van der Waals surface area (Å²) in [5.74, 6) is 0. The highest BCUT2D eigenvalue weighted by molar-refractivity contribution is 7.11. The Labute approximate surface area is 115 Å². The van der Waals surface area contributed by atoms with E-state index in [4.69, 9.17) is 0 Å². The highest BCUT2D eigenvalue weighted by atomic mass is 32.1. The lowest BCUT2D eigenvalue weighted by atomic mass is 9.98. The minimum atomic E-state index is -4.09. The maximum absolute atomic E-state index is 12.2. The van der Waals surface area contributed by atoms with Crippen LogP contribution in [0.4, 0.5) is 13.2 Å². The van der Waals surface area contributed by atoms with Gasteiger partial charge in [0.05, 0.1) is 10.7 Å². The number of hydrogen-bond acceptors (Lipinski definition) is 3. The molecule has 2 rings (SSSR count). The lowest BCUT2D eigenvalue weighted by molar-refractivity contribution is -0.134. The monoisotopic (exact) mass is 292 g/mol. The van der Waals surface area contributed by atoms with Crippen molar-refractivity contribution in [1.29, 1.82) is 0 Å². The quantitative estimate of drug-likeness (QED) is 0.886. The minimum Gasteiger partial charge on any atom is -0.309 e. The first-order valence-corrected chi connectivity index (χ1v) is 7.60. The standard InChI is InChI=1S/C13H19F3N2S/c1-2-8-17-9-4-3-5-10-12(9)19-11(18-10)6-7-13(14,15)16/h9,17H,2-8H2,1H3. The number of hydrogen-bond donors (Lipinski definition) is 1. The van der Waals surface area contributed by atoms with Crippen LogP contribution in [0.5, 0.6) is 0 Å². The van der Waals surface area contributed by atoms with Gasteiger partial charge in [0.25, 0.3) is 0 Å². The molecule has 19 heavy (non-hydrogen) atoms. The SMILES string of the molecule is CCCNC1CCCc2nc(CCC(F)(F)F)sc21. The fourth-order valence-corrected chi connectivity index (χ4v) is 3.56. The van der Waals surface area contributed by atoms with Crippen LogP contribution in [-0.2, 0) is 12.8 Å². The molecule has 0 saturated heterocycles. The van der Waals surface area contributed by atoms with E-state index in [1.807, 2.05) is 0 Å². The zero-order valence-electron chi connectivity index (χ0n) is 11.0. The van der Waals surface area contributed by atoms with Crippen molar-refractivity contribution in [3.63, 3.8) is 0 Å². The van der Waals surface area contributed by atoms with Gasteiger partial charge in [0.1, 0.15) is 0 Å². The Morgan fingerprint density at radius 3 is 2.89 bits per heavy atom. The molecule has 1 atom stereocenters. The maximum atomic E-state index is 12.2. The van der Waals surface area contributed by atoms with Crippen molar-refractivity contribution in [3.05, 3.63) is 15.6 Å². The Hall–Kier alpha value is -0.620. The maximum Gasteiger partial charge on any atom is 0.389 e. The third kappa shape index (κ3) is 4.18. The van der Waals surface area contributed by atoms with Gasteiger partial charge in [-0.1, -0.05) is 6.92 Å². The summed E-state index contributed by atoms with van der Waals surface area (Å²) in [4.78, 5) is 5.55. The predicted molar refractivity (Wildman–Crippen MR) is 70.5 cm³/mol. The van der Waals surface area contributed by atoms with Crippen molar-refractivity contribution < 1.29 is 13.2 Å². The summed E-state index contributed by atoms with van der Waals surface area (Å²) >= 11 is 1.46. The Balaban J connectivity index is 2.03. The fourth-order valence-electron chi connectivity index (χ4n) is 2.34. The second-order valence-electron chi connectivity index (χ2n) is 4.93. The molecule has 1 aliphatic carbocycles. The van der Waals surface area contributed by atoms with Crippen molar-refractivity contribution in [1.82, 2.24) is 10.3 Å². The first-order valence-electron chi connectivity index (χ1n) is 6.78. The summed E-state index contributed by atoms with van der Waals surface area (Å²) in [6, 6.07) is 0.292. The van der Waals surface area contributed by atoms with E-state index >= 15 is 0 Å². The van der Waals surface area contributed by atoms with E-state index in [9.17, 15) is 13.2 Å². The number of nitrogens with zero attached hydrogens (tertiary/aromatic N) is 1. The van der Waals surface area contributed by atoms with Crippen LogP contribution in [0.3, 0.4) is 0 Å². The highest BCUT2D eigenvalue weighted by Crippen LogP contribution is 2.35. The van der Waals surface area contributed by atoms with Crippen molar-refractivity contribution >= 4 is 11.3 Å². The molecule has 108 valence electrons. The van der Waals surface area contributed by atoms with Gasteiger partial charge in [-0.05, 0) is 32.2 Å².